The molecule has 1 unspecified atom stereocenters. The van der Waals surface area contributed by atoms with Crippen molar-refractivity contribution in [1.82, 2.24) is 0 Å². The van der Waals surface area contributed by atoms with Crippen LogP contribution in [-0.4, -0.2) is 19.3 Å². The number of carbonyl (C=O) groups excluding carboxylic acids is 1. The maximum absolute atomic E-state index is 13.6. The van der Waals surface area contributed by atoms with Gasteiger partial charge in [-0.25, -0.2) is 0 Å². The SMILES string of the molecule is CCOc1cc2c(cc1C1C(=O)N(Cc3ccc(C(F)(F)F)o3)c3ccccc31)OCO2. The lowest BCUT2D eigenvalue weighted by Crippen LogP contribution is -2.28. The third kappa shape index (κ3) is 3.34. The topological polar surface area (TPSA) is 61.1 Å². The fraction of sp³-hybridized carbons (Fsp3) is 0.261. The lowest BCUT2D eigenvalue weighted by atomic mass is 9.91. The van der Waals surface area contributed by atoms with Gasteiger partial charge in [-0.3, -0.25) is 4.79 Å². The molecule has 0 aliphatic carbocycles. The van der Waals surface area contributed by atoms with E-state index in [1.54, 1.807) is 24.3 Å². The number of fused-ring (bicyclic) bond motifs is 2. The zero-order chi connectivity index (χ0) is 22.5. The van der Waals surface area contributed by atoms with Gasteiger partial charge in [0.2, 0.25) is 18.5 Å². The minimum Gasteiger partial charge on any atom is -0.493 e. The largest absolute Gasteiger partial charge is 0.493 e. The highest BCUT2D eigenvalue weighted by molar-refractivity contribution is 6.07. The molecule has 0 fully saturated rings. The number of hydrogen-bond acceptors (Lipinski definition) is 5. The van der Waals surface area contributed by atoms with Crippen molar-refractivity contribution in [2.75, 3.05) is 18.3 Å². The minimum atomic E-state index is -4.59. The number of nitrogens with zero attached hydrogens (tertiary/aromatic N) is 1. The second kappa shape index (κ2) is 7.51. The Balaban J connectivity index is 1.55. The number of ether oxygens (including phenoxy) is 3. The van der Waals surface area contributed by atoms with Gasteiger partial charge in [-0.05, 0) is 36.8 Å². The average Bonchev–Trinajstić information content (AvgIpc) is 3.47. The molecule has 1 aromatic heterocycles. The molecule has 3 aromatic rings. The number of alkyl halides is 3. The average molecular weight is 445 g/mol. The molecule has 6 nitrogen and oxygen atoms in total. The third-order valence-corrected chi connectivity index (χ3v) is 5.42. The molecule has 1 amide bonds. The van der Waals surface area contributed by atoms with Crippen LogP contribution < -0.4 is 19.1 Å². The lowest BCUT2D eigenvalue weighted by molar-refractivity contribution is -0.153. The van der Waals surface area contributed by atoms with Crippen LogP contribution in [0.25, 0.3) is 0 Å². The van der Waals surface area contributed by atoms with Gasteiger partial charge in [0.1, 0.15) is 11.5 Å². The fourth-order valence-corrected chi connectivity index (χ4v) is 4.06. The Labute approximate surface area is 181 Å². The first kappa shape index (κ1) is 20.3. The Morgan fingerprint density at radius 3 is 2.53 bits per heavy atom. The Morgan fingerprint density at radius 2 is 1.81 bits per heavy atom. The number of rotatable bonds is 5. The van der Waals surface area contributed by atoms with E-state index < -0.39 is 17.9 Å². The Morgan fingerprint density at radius 1 is 1.06 bits per heavy atom. The molecule has 0 bridgehead atoms. The van der Waals surface area contributed by atoms with Gasteiger partial charge in [-0.2, -0.15) is 13.2 Å². The van der Waals surface area contributed by atoms with Crippen molar-refractivity contribution in [2.24, 2.45) is 0 Å². The van der Waals surface area contributed by atoms with E-state index in [1.807, 2.05) is 19.1 Å². The number of benzene rings is 2. The van der Waals surface area contributed by atoms with Crippen LogP contribution in [0.3, 0.4) is 0 Å². The Kier molecular flexibility index (Phi) is 4.76. The van der Waals surface area contributed by atoms with Crippen molar-refractivity contribution in [3.05, 3.63) is 71.2 Å². The van der Waals surface area contributed by atoms with Crippen molar-refractivity contribution in [1.29, 1.82) is 0 Å². The van der Waals surface area contributed by atoms with Gasteiger partial charge in [-0.1, -0.05) is 18.2 Å². The maximum Gasteiger partial charge on any atom is 0.449 e. The number of furan rings is 1. The first-order chi connectivity index (χ1) is 15.4. The maximum atomic E-state index is 13.6. The van der Waals surface area contributed by atoms with E-state index in [0.717, 1.165) is 11.6 Å². The molecular formula is C23H18F3NO5. The number of carbonyl (C=O) groups is 1. The highest BCUT2D eigenvalue weighted by atomic mass is 19.4. The molecule has 2 aromatic carbocycles. The Bertz CT molecular complexity index is 1190. The summed E-state index contributed by atoms with van der Waals surface area (Å²) in [6.45, 7) is 2.16. The molecule has 0 radical (unpaired) electrons. The van der Waals surface area contributed by atoms with Gasteiger partial charge in [0.05, 0.1) is 19.1 Å². The number of anilines is 1. The van der Waals surface area contributed by atoms with Gasteiger partial charge < -0.3 is 23.5 Å². The van der Waals surface area contributed by atoms with Crippen molar-refractivity contribution in [3.8, 4) is 17.2 Å². The molecule has 5 rings (SSSR count). The minimum absolute atomic E-state index is 0.0387. The molecule has 2 aliphatic heterocycles. The first-order valence-electron chi connectivity index (χ1n) is 9.99. The highest BCUT2D eigenvalue weighted by Gasteiger charge is 2.41. The summed E-state index contributed by atoms with van der Waals surface area (Å²) in [4.78, 5) is 15.0. The number of hydrogen-bond donors (Lipinski definition) is 0. The molecule has 166 valence electrons. The number of amides is 1. The summed E-state index contributed by atoms with van der Waals surface area (Å²) in [5, 5.41) is 0. The monoisotopic (exact) mass is 445 g/mol. The molecule has 9 heteroatoms. The summed E-state index contributed by atoms with van der Waals surface area (Å²) >= 11 is 0. The number of para-hydroxylation sites is 1. The van der Waals surface area contributed by atoms with Gasteiger partial charge in [0.15, 0.2) is 11.5 Å². The van der Waals surface area contributed by atoms with E-state index in [2.05, 4.69) is 0 Å². The predicted octanol–water partition coefficient (Wildman–Crippen LogP) is 5.10. The summed E-state index contributed by atoms with van der Waals surface area (Å²) in [7, 11) is 0. The van der Waals surface area contributed by atoms with Crippen LogP contribution in [0, 0.1) is 0 Å². The van der Waals surface area contributed by atoms with Gasteiger partial charge in [0, 0.05) is 17.3 Å². The highest BCUT2D eigenvalue weighted by Crippen LogP contribution is 2.48. The van der Waals surface area contributed by atoms with E-state index in [1.165, 1.54) is 11.0 Å². The van der Waals surface area contributed by atoms with Crippen LogP contribution in [0.2, 0.25) is 0 Å². The van der Waals surface area contributed by atoms with Crippen LogP contribution in [0.15, 0.2) is 52.9 Å². The van der Waals surface area contributed by atoms with E-state index in [-0.39, 0.29) is 25.0 Å². The normalized spacial score (nSPS) is 17.1. The van der Waals surface area contributed by atoms with Crippen LogP contribution in [0.1, 0.15) is 35.5 Å². The molecule has 1 atom stereocenters. The van der Waals surface area contributed by atoms with Gasteiger partial charge in [0.25, 0.3) is 0 Å². The Hall–Kier alpha value is -3.62. The summed E-state index contributed by atoms with van der Waals surface area (Å²) in [5.74, 6) is -0.536. The number of halogens is 3. The van der Waals surface area contributed by atoms with Crippen molar-refractivity contribution >= 4 is 11.6 Å². The molecule has 0 saturated carbocycles. The molecule has 0 N–H and O–H groups in total. The van der Waals surface area contributed by atoms with Crippen molar-refractivity contribution in [3.63, 3.8) is 0 Å². The van der Waals surface area contributed by atoms with Gasteiger partial charge in [-0.15, -0.1) is 0 Å². The van der Waals surface area contributed by atoms with Crippen LogP contribution >= 0.6 is 0 Å². The molecule has 3 heterocycles. The van der Waals surface area contributed by atoms with Crippen molar-refractivity contribution < 1.29 is 36.6 Å². The summed E-state index contributed by atoms with van der Waals surface area (Å²) in [5.41, 5.74) is 1.93. The van der Waals surface area contributed by atoms with Crippen LogP contribution in [0.4, 0.5) is 18.9 Å². The van der Waals surface area contributed by atoms with E-state index in [0.29, 0.717) is 35.1 Å². The summed E-state index contributed by atoms with van der Waals surface area (Å²) in [6.07, 6.45) is -4.59. The third-order valence-electron chi connectivity index (χ3n) is 5.42. The zero-order valence-electron chi connectivity index (χ0n) is 16.9. The van der Waals surface area contributed by atoms with Crippen LogP contribution in [0.5, 0.6) is 17.2 Å². The molecule has 32 heavy (non-hydrogen) atoms. The van der Waals surface area contributed by atoms with E-state index in [4.69, 9.17) is 18.6 Å². The molecule has 0 saturated heterocycles. The summed E-state index contributed by atoms with van der Waals surface area (Å²) < 4.78 is 60.4. The lowest BCUT2D eigenvalue weighted by Gasteiger charge is -2.18. The van der Waals surface area contributed by atoms with E-state index in [9.17, 15) is 18.0 Å². The second-order valence-electron chi connectivity index (χ2n) is 7.36. The van der Waals surface area contributed by atoms with E-state index >= 15 is 0 Å². The molecular weight excluding hydrogens is 427 g/mol. The zero-order valence-corrected chi connectivity index (χ0v) is 16.9. The molecule has 0 spiro atoms. The van der Waals surface area contributed by atoms with Gasteiger partial charge >= 0.3 is 6.18 Å². The molecule has 2 aliphatic rings. The van der Waals surface area contributed by atoms with Crippen LogP contribution in [-0.2, 0) is 17.5 Å². The second-order valence-corrected chi connectivity index (χ2v) is 7.36. The summed E-state index contributed by atoms with van der Waals surface area (Å²) in [6, 6.07) is 12.7. The standard InChI is InChI=1S/C23H18F3NO5/c1-2-29-17-10-19-18(30-12-31-19)9-15(17)21-14-5-3-4-6-16(14)27(22(21)28)11-13-7-8-20(32-13)23(24,25)26/h3-10,21H,2,11-12H2,1H3. The smallest absolute Gasteiger partial charge is 0.449 e. The predicted molar refractivity (Wildman–Crippen MR) is 107 cm³/mol. The quantitative estimate of drug-likeness (QED) is 0.547. The fourth-order valence-electron chi connectivity index (χ4n) is 4.06. The van der Waals surface area contributed by atoms with Crippen molar-refractivity contribution in [2.45, 2.75) is 25.6 Å². The first-order valence-corrected chi connectivity index (χ1v) is 9.99.